The fourth-order valence-electron chi connectivity index (χ4n) is 3.05. The Balaban J connectivity index is 2.25. The number of amides is 1. The summed E-state index contributed by atoms with van der Waals surface area (Å²) < 4.78 is 5.28. The van der Waals surface area contributed by atoms with E-state index < -0.39 is 0 Å². The van der Waals surface area contributed by atoms with E-state index in [9.17, 15) is 4.79 Å². The Kier molecular flexibility index (Phi) is 6.01. The Morgan fingerprint density at radius 2 is 2.14 bits per heavy atom. The molecule has 0 radical (unpaired) electrons. The van der Waals surface area contributed by atoms with Crippen LogP contribution in [0.5, 0.6) is 0 Å². The van der Waals surface area contributed by atoms with Gasteiger partial charge in [0.15, 0.2) is 0 Å². The van der Waals surface area contributed by atoms with Crippen molar-refractivity contribution < 1.29 is 9.53 Å². The highest BCUT2D eigenvalue weighted by Crippen LogP contribution is 2.27. The van der Waals surface area contributed by atoms with E-state index >= 15 is 0 Å². The van der Waals surface area contributed by atoms with Crippen LogP contribution < -0.4 is 0 Å². The number of rotatable bonds is 5. The number of hydrogen-bond donors (Lipinski definition) is 0. The summed E-state index contributed by atoms with van der Waals surface area (Å²) in [5.41, 5.74) is 1.09. The molecule has 1 aromatic rings. The molecular weight excluding hydrogens is 276 g/mol. The van der Waals surface area contributed by atoms with Gasteiger partial charge in [-0.15, -0.1) is 6.58 Å². The highest BCUT2D eigenvalue weighted by atomic mass is 16.6. The van der Waals surface area contributed by atoms with E-state index in [1.54, 1.807) is 5.01 Å². The molecule has 1 amide bonds. The topological polar surface area (TPSA) is 32.8 Å². The molecule has 0 N–H and O–H groups in total. The first kappa shape index (κ1) is 16.6. The summed E-state index contributed by atoms with van der Waals surface area (Å²) in [5, 5.41) is 3.89. The second-order valence-electron chi connectivity index (χ2n) is 5.71. The van der Waals surface area contributed by atoms with Crippen molar-refractivity contribution in [1.29, 1.82) is 0 Å². The van der Waals surface area contributed by atoms with Crippen LogP contribution >= 0.6 is 0 Å². The fourth-order valence-corrected chi connectivity index (χ4v) is 3.05. The molecule has 1 aliphatic rings. The van der Waals surface area contributed by atoms with Crippen molar-refractivity contribution in [3.8, 4) is 0 Å². The highest BCUT2D eigenvalue weighted by molar-refractivity contribution is 5.67. The van der Waals surface area contributed by atoms with Gasteiger partial charge in [-0.3, -0.25) is 0 Å². The molecule has 22 heavy (non-hydrogen) atoms. The number of ether oxygens (including phenoxy) is 1. The zero-order chi connectivity index (χ0) is 15.9. The quantitative estimate of drug-likeness (QED) is 0.771. The fraction of sp³-hybridized carbons (Fsp3) is 0.500. The van der Waals surface area contributed by atoms with E-state index in [1.807, 2.05) is 43.3 Å². The lowest BCUT2D eigenvalue weighted by molar-refractivity contribution is -0.0873. The lowest BCUT2D eigenvalue weighted by Crippen LogP contribution is -2.56. The van der Waals surface area contributed by atoms with Crippen LogP contribution in [0, 0.1) is 0 Å². The van der Waals surface area contributed by atoms with Crippen LogP contribution in [0.15, 0.2) is 43.0 Å². The zero-order valence-electron chi connectivity index (χ0n) is 13.6. The molecule has 0 spiro atoms. The van der Waals surface area contributed by atoms with Gasteiger partial charge in [-0.1, -0.05) is 36.4 Å². The van der Waals surface area contributed by atoms with E-state index in [0.29, 0.717) is 19.2 Å². The summed E-state index contributed by atoms with van der Waals surface area (Å²) in [7, 11) is 0. The molecule has 2 atom stereocenters. The van der Waals surface area contributed by atoms with E-state index in [1.165, 1.54) is 0 Å². The average Bonchev–Trinajstić information content (AvgIpc) is 2.54. The van der Waals surface area contributed by atoms with Gasteiger partial charge in [-0.25, -0.2) is 14.8 Å². The van der Waals surface area contributed by atoms with Gasteiger partial charge in [0.1, 0.15) is 0 Å². The third kappa shape index (κ3) is 3.89. The first-order chi connectivity index (χ1) is 10.7. The number of piperidine rings is 1. The molecule has 120 valence electrons. The Morgan fingerprint density at radius 3 is 2.77 bits per heavy atom. The summed E-state index contributed by atoms with van der Waals surface area (Å²) in [6.07, 6.45) is 4.92. The Morgan fingerprint density at radius 1 is 1.41 bits per heavy atom. The lowest BCUT2D eigenvalue weighted by atomic mass is 9.98. The average molecular weight is 302 g/mol. The van der Waals surface area contributed by atoms with Gasteiger partial charge in [0.25, 0.3) is 0 Å². The number of nitrogens with zero attached hydrogens (tertiary/aromatic N) is 2. The monoisotopic (exact) mass is 302 g/mol. The van der Waals surface area contributed by atoms with Gasteiger partial charge >= 0.3 is 6.09 Å². The summed E-state index contributed by atoms with van der Waals surface area (Å²) in [6.45, 7) is 8.84. The van der Waals surface area contributed by atoms with Crippen LogP contribution in [-0.4, -0.2) is 34.8 Å². The summed E-state index contributed by atoms with van der Waals surface area (Å²) in [5.74, 6) is 0. The summed E-state index contributed by atoms with van der Waals surface area (Å²) >= 11 is 0. The van der Waals surface area contributed by atoms with Crippen molar-refractivity contribution in [3.63, 3.8) is 0 Å². The number of hydrazine groups is 1. The minimum absolute atomic E-state index is 0.178. The number of carbonyl (C=O) groups excluding carboxylic acids is 1. The Hall–Kier alpha value is -1.81. The molecule has 0 aromatic heterocycles. The largest absolute Gasteiger partial charge is 0.449 e. The summed E-state index contributed by atoms with van der Waals surface area (Å²) in [6, 6.07) is 10.5. The van der Waals surface area contributed by atoms with Gasteiger partial charge in [0, 0.05) is 12.1 Å². The van der Waals surface area contributed by atoms with Crippen molar-refractivity contribution in [1.82, 2.24) is 10.0 Å². The van der Waals surface area contributed by atoms with Gasteiger partial charge in [0.2, 0.25) is 0 Å². The molecule has 0 bridgehead atoms. The van der Waals surface area contributed by atoms with Crippen molar-refractivity contribution in [3.05, 3.63) is 48.6 Å². The van der Waals surface area contributed by atoms with Crippen LogP contribution in [0.3, 0.4) is 0 Å². The second-order valence-corrected chi connectivity index (χ2v) is 5.71. The minimum atomic E-state index is -0.285. The SMILES string of the molecule is C=CC1CCCC(C)N1N(Cc1ccccc1)C(=O)OCC. The Labute approximate surface area is 133 Å². The van der Waals surface area contributed by atoms with Crippen molar-refractivity contribution in [2.75, 3.05) is 6.61 Å². The van der Waals surface area contributed by atoms with E-state index in [4.69, 9.17) is 4.74 Å². The van der Waals surface area contributed by atoms with Crippen LogP contribution in [0.25, 0.3) is 0 Å². The van der Waals surface area contributed by atoms with Gasteiger partial charge in [0.05, 0.1) is 13.2 Å². The molecule has 0 saturated carbocycles. The standard InChI is InChI=1S/C18H26N2O2/c1-4-17-13-9-10-15(3)20(17)19(18(21)22-5-2)14-16-11-7-6-8-12-16/h4,6-8,11-12,15,17H,1,5,9-10,13-14H2,2-3H3. The third-order valence-corrected chi connectivity index (χ3v) is 4.12. The first-order valence-electron chi connectivity index (χ1n) is 8.06. The van der Waals surface area contributed by atoms with Crippen molar-refractivity contribution in [2.24, 2.45) is 0 Å². The van der Waals surface area contributed by atoms with Crippen LogP contribution in [0.1, 0.15) is 38.7 Å². The normalized spacial score (nSPS) is 22.1. The molecule has 2 unspecified atom stereocenters. The number of benzene rings is 1. The predicted molar refractivity (Wildman–Crippen MR) is 88.1 cm³/mol. The highest BCUT2D eigenvalue weighted by Gasteiger charge is 2.34. The van der Waals surface area contributed by atoms with Gasteiger partial charge < -0.3 is 4.74 Å². The molecule has 0 aliphatic carbocycles. The molecule has 4 nitrogen and oxygen atoms in total. The molecule has 2 rings (SSSR count). The van der Waals surface area contributed by atoms with E-state index in [-0.39, 0.29) is 12.1 Å². The van der Waals surface area contributed by atoms with Crippen molar-refractivity contribution in [2.45, 2.75) is 51.7 Å². The molecule has 1 aromatic carbocycles. The second kappa shape index (κ2) is 7.99. The maximum absolute atomic E-state index is 12.5. The molecule has 1 fully saturated rings. The minimum Gasteiger partial charge on any atom is -0.449 e. The first-order valence-corrected chi connectivity index (χ1v) is 8.06. The third-order valence-electron chi connectivity index (χ3n) is 4.12. The predicted octanol–water partition coefficient (Wildman–Crippen LogP) is 3.99. The van der Waals surface area contributed by atoms with Crippen LogP contribution in [-0.2, 0) is 11.3 Å². The molecule has 4 heteroatoms. The lowest BCUT2D eigenvalue weighted by Gasteiger charge is -2.45. The molecular formula is C18H26N2O2. The smallest absolute Gasteiger partial charge is 0.424 e. The van der Waals surface area contributed by atoms with Crippen LogP contribution in [0.4, 0.5) is 4.79 Å². The van der Waals surface area contributed by atoms with Gasteiger partial charge in [-0.2, -0.15) is 0 Å². The number of hydrogen-bond acceptors (Lipinski definition) is 3. The van der Waals surface area contributed by atoms with Gasteiger partial charge in [-0.05, 0) is 38.7 Å². The summed E-state index contributed by atoms with van der Waals surface area (Å²) in [4.78, 5) is 12.5. The van der Waals surface area contributed by atoms with Crippen LogP contribution in [0.2, 0.25) is 0 Å². The maximum atomic E-state index is 12.5. The molecule has 1 saturated heterocycles. The molecule has 1 aliphatic heterocycles. The van der Waals surface area contributed by atoms with E-state index in [2.05, 4.69) is 18.5 Å². The zero-order valence-corrected chi connectivity index (χ0v) is 13.6. The number of carbonyl (C=O) groups is 1. The maximum Gasteiger partial charge on any atom is 0.424 e. The molecule has 1 heterocycles. The van der Waals surface area contributed by atoms with Crippen molar-refractivity contribution >= 4 is 6.09 Å². The Bertz CT molecular complexity index is 489. The van der Waals surface area contributed by atoms with E-state index in [0.717, 1.165) is 24.8 Å².